The molecule has 9 nitrogen and oxygen atoms in total. The number of nitrogens with zero attached hydrogens (tertiary/aromatic N) is 1. The van der Waals surface area contributed by atoms with Crippen LogP contribution in [0.1, 0.15) is 82.7 Å². The minimum Gasteiger partial charge on any atom is -0.343 e. The zero-order valence-electron chi connectivity index (χ0n) is 29.0. The highest BCUT2D eigenvalue weighted by Crippen LogP contribution is 2.37. The van der Waals surface area contributed by atoms with Crippen LogP contribution in [-0.4, -0.2) is 59.7 Å². The van der Waals surface area contributed by atoms with E-state index in [1.165, 1.54) is 0 Å². The molecule has 0 radical (unpaired) electrons. The maximum absolute atomic E-state index is 14.4. The van der Waals surface area contributed by atoms with Crippen molar-refractivity contribution in [3.63, 3.8) is 0 Å². The van der Waals surface area contributed by atoms with Crippen LogP contribution in [0, 0.1) is 11.8 Å². The summed E-state index contributed by atoms with van der Waals surface area (Å²) in [6, 6.07) is 25.4. The van der Waals surface area contributed by atoms with Crippen molar-refractivity contribution in [1.82, 2.24) is 26.2 Å². The van der Waals surface area contributed by atoms with E-state index in [2.05, 4.69) is 21.3 Å². The van der Waals surface area contributed by atoms with Crippen molar-refractivity contribution in [2.75, 3.05) is 7.05 Å². The third-order valence-corrected chi connectivity index (χ3v) is 9.53. The van der Waals surface area contributed by atoms with Gasteiger partial charge in [-0.05, 0) is 55.3 Å². The van der Waals surface area contributed by atoms with Gasteiger partial charge in [-0.15, -0.1) is 0 Å². The lowest BCUT2D eigenvalue weighted by atomic mass is 9.94. The predicted molar refractivity (Wildman–Crippen MR) is 189 cm³/mol. The summed E-state index contributed by atoms with van der Waals surface area (Å²) in [4.78, 5) is 57.4. The lowest BCUT2D eigenvalue weighted by Gasteiger charge is -2.36. The molecule has 1 aliphatic rings. The summed E-state index contributed by atoms with van der Waals surface area (Å²) < 4.78 is 0. The Kier molecular flexibility index (Phi) is 12.9. The standard InChI is InChI=1S/C39H51N5O4/c1-7-26(4)34(38(47)43-35(29-19-13-9-14-20-29)30-21-15-10-16-22-30)42-37(46)32-24-23-31(28-17-11-8-12-18-28)44(32)39(48)33(25(2)3)41-36(45)27(5)40-6/h8-22,25-27,31-35,40H,7,23-24H2,1-6H3,(H,41,45)(H,42,46)(H,43,47)/t26-,27-,31+,32-,33-,34-/m0/s1. The molecule has 1 saturated heterocycles. The van der Waals surface area contributed by atoms with E-state index < -0.39 is 30.2 Å². The highest BCUT2D eigenvalue weighted by Gasteiger charge is 2.45. The van der Waals surface area contributed by atoms with E-state index in [4.69, 9.17) is 0 Å². The Balaban J connectivity index is 1.63. The molecule has 1 heterocycles. The minimum absolute atomic E-state index is 0.178. The number of nitrogens with one attached hydrogen (secondary N) is 4. The smallest absolute Gasteiger partial charge is 0.246 e. The van der Waals surface area contributed by atoms with Gasteiger partial charge >= 0.3 is 0 Å². The highest BCUT2D eigenvalue weighted by molar-refractivity contribution is 5.95. The van der Waals surface area contributed by atoms with Crippen molar-refractivity contribution in [1.29, 1.82) is 0 Å². The molecule has 4 amide bonds. The van der Waals surface area contributed by atoms with Crippen LogP contribution in [0.4, 0.5) is 0 Å². The van der Waals surface area contributed by atoms with E-state index in [0.29, 0.717) is 19.3 Å². The largest absolute Gasteiger partial charge is 0.343 e. The minimum atomic E-state index is -0.834. The molecule has 6 atom stereocenters. The second kappa shape index (κ2) is 17.1. The predicted octanol–water partition coefficient (Wildman–Crippen LogP) is 4.90. The van der Waals surface area contributed by atoms with E-state index in [9.17, 15) is 19.2 Å². The Morgan fingerprint density at radius 1 is 0.708 bits per heavy atom. The third-order valence-electron chi connectivity index (χ3n) is 9.53. The van der Waals surface area contributed by atoms with Crippen LogP contribution in [0.25, 0.3) is 0 Å². The van der Waals surface area contributed by atoms with Crippen molar-refractivity contribution in [3.8, 4) is 0 Å². The molecule has 0 aliphatic carbocycles. The Hall–Kier alpha value is -4.50. The summed E-state index contributed by atoms with van der Waals surface area (Å²) in [5.74, 6) is -1.68. The summed E-state index contributed by atoms with van der Waals surface area (Å²) in [5.41, 5.74) is 2.78. The Bertz CT molecular complexity index is 1460. The van der Waals surface area contributed by atoms with Gasteiger partial charge in [-0.1, -0.05) is 125 Å². The van der Waals surface area contributed by atoms with Gasteiger partial charge in [0.1, 0.15) is 18.1 Å². The normalized spacial score (nSPS) is 18.5. The van der Waals surface area contributed by atoms with Crippen LogP contribution >= 0.6 is 0 Å². The van der Waals surface area contributed by atoms with E-state index in [-0.39, 0.29) is 41.5 Å². The van der Waals surface area contributed by atoms with Gasteiger partial charge in [0.25, 0.3) is 0 Å². The number of carbonyl (C=O) groups is 4. The fraction of sp³-hybridized carbons (Fsp3) is 0.436. The quantitative estimate of drug-likeness (QED) is 0.197. The molecular weight excluding hydrogens is 602 g/mol. The van der Waals surface area contributed by atoms with Crippen molar-refractivity contribution < 1.29 is 19.2 Å². The molecular formula is C39H51N5O4. The molecule has 9 heteroatoms. The van der Waals surface area contributed by atoms with Gasteiger partial charge in [0.05, 0.1) is 18.1 Å². The fourth-order valence-corrected chi connectivity index (χ4v) is 6.30. The molecule has 3 aromatic carbocycles. The van der Waals surface area contributed by atoms with E-state index >= 15 is 0 Å². The van der Waals surface area contributed by atoms with E-state index in [1.807, 2.05) is 119 Å². The van der Waals surface area contributed by atoms with Gasteiger partial charge in [0.2, 0.25) is 23.6 Å². The number of amides is 4. The first kappa shape index (κ1) is 36.3. The average Bonchev–Trinajstić information content (AvgIpc) is 3.57. The number of likely N-dealkylation sites (tertiary alicyclic amines) is 1. The number of hydrogen-bond donors (Lipinski definition) is 4. The number of hydrogen-bond acceptors (Lipinski definition) is 5. The molecule has 0 spiro atoms. The molecule has 4 rings (SSSR count). The van der Waals surface area contributed by atoms with Crippen LogP contribution in [0.15, 0.2) is 91.0 Å². The maximum Gasteiger partial charge on any atom is 0.246 e. The molecule has 0 unspecified atom stereocenters. The van der Waals surface area contributed by atoms with Crippen molar-refractivity contribution in [2.45, 2.75) is 90.1 Å². The number of likely N-dealkylation sites (N-methyl/N-ethyl adjacent to an activating group) is 1. The van der Waals surface area contributed by atoms with Crippen LogP contribution in [0.5, 0.6) is 0 Å². The highest BCUT2D eigenvalue weighted by atomic mass is 16.2. The fourth-order valence-electron chi connectivity index (χ4n) is 6.30. The van der Waals surface area contributed by atoms with Crippen LogP contribution < -0.4 is 21.3 Å². The monoisotopic (exact) mass is 653 g/mol. The SMILES string of the molecule is CC[C@H](C)[C@H](NC(=O)[C@@H]1CC[C@H](c2ccccc2)N1C(=O)[C@@H](NC(=O)[C@H](C)NC)C(C)C)C(=O)NC(c1ccccc1)c1ccccc1. The molecule has 0 aromatic heterocycles. The number of benzene rings is 3. The Morgan fingerprint density at radius 3 is 1.75 bits per heavy atom. The number of carbonyl (C=O) groups excluding carboxylic acids is 4. The first-order chi connectivity index (χ1) is 23.1. The van der Waals surface area contributed by atoms with Crippen molar-refractivity contribution >= 4 is 23.6 Å². The van der Waals surface area contributed by atoms with E-state index in [0.717, 1.165) is 16.7 Å². The van der Waals surface area contributed by atoms with Gasteiger partial charge < -0.3 is 26.2 Å². The summed E-state index contributed by atoms with van der Waals surface area (Å²) in [7, 11) is 1.69. The third kappa shape index (κ3) is 8.69. The van der Waals surface area contributed by atoms with Crippen molar-refractivity contribution in [3.05, 3.63) is 108 Å². The lowest BCUT2D eigenvalue weighted by Crippen LogP contribution is -2.59. The summed E-state index contributed by atoms with van der Waals surface area (Å²) >= 11 is 0. The molecule has 1 fully saturated rings. The first-order valence-corrected chi connectivity index (χ1v) is 17.1. The molecule has 4 N–H and O–H groups in total. The molecule has 1 aliphatic heterocycles. The molecule has 0 saturated carbocycles. The maximum atomic E-state index is 14.4. The second-order valence-corrected chi connectivity index (χ2v) is 13.1. The van der Waals surface area contributed by atoms with Crippen LogP contribution in [0.2, 0.25) is 0 Å². The average molecular weight is 654 g/mol. The Morgan fingerprint density at radius 2 is 1.25 bits per heavy atom. The summed E-state index contributed by atoms with van der Waals surface area (Å²) in [6.07, 6.45) is 1.66. The topological polar surface area (TPSA) is 120 Å². The van der Waals surface area contributed by atoms with Gasteiger partial charge in [0, 0.05) is 0 Å². The zero-order chi connectivity index (χ0) is 34.8. The first-order valence-electron chi connectivity index (χ1n) is 17.1. The van der Waals surface area contributed by atoms with Crippen molar-refractivity contribution in [2.24, 2.45) is 11.8 Å². The lowest BCUT2D eigenvalue weighted by molar-refractivity contribution is -0.145. The van der Waals surface area contributed by atoms with Crippen LogP contribution in [-0.2, 0) is 19.2 Å². The van der Waals surface area contributed by atoms with Crippen LogP contribution in [0.3, 0.4) is 0 Å². The molecule has 256 valence electrons. The van der Waals surface area contributed by atoms with Gasteiger partial charge in [-0.2, -0.15) is 0 Å². The van der Waals surface area contributed by atoms with E-state index in [1.54, 1.807) is 18.9 Å². The molecule has 0 bridgehead atoms. The number of rotatable bonds is 14. The van der Waals surface area contributed by atoms with Gasteiger partial charge in [-0.3, -0.25) is 19.2 Å². The molecule has 48 heavy (non-hydrogen) atoms. The van der Waals surface area contributed by atoms with Gasteiger partial charge in [0.15, 0.2) is 0 Å². The summed E-state index contributed by atoms with van der Waals surface area (Å²) in [5, 5.41) is 12.1. The zero-order valence-corrected chi connectivity index (χ0v) is 29.0. The summed E-state index contributed by atoms with van der Waals surface area (Å²) in [6.45, 7) is 9.43. The van der Waals surface area contributed by atoms with Gasteiger partial charge in [-0.25, -0.2) is 0 Å². The Labute approximate surface area is 285 Å². The second-order valence-electron chi connectivity index (χ2n) is 13.1. The molecule has 3 aromatic rings.